The minimum atomic E-state index is -4.59. The molecule has 1 atom stereocenters. The molecule has 152 valence electrons. The topological polar surface area (TPSA) is 86.1 Å². The van der Waals surface area contributed by atoms with Crippen LogP contribution in [0.15, 0.2) is 53.9 Å². The van der Waals surface area contributed by atoms with Crippen LogP contribution in [0.4, 0.5) is 23.8 Å². The smallest absolute Gasteiger partial charge is 0.326 e. The van der Waals surface area contributed by atoms with Gasteiger partial charge in [0.05, 0.1) is 23.2 Å². The van der Waals surface area contributed by atoms with E-state index in [9.17, 15) is 22.8 Å². The van der Waals surface area contributed by atoms with Crippen molar-refractivity contribution in [3.63, 3.8) is 0 Å². The fraction of sp³-hybridized carbons (Fsp3) is 0.238. The molecule has 30 heavy (non-hydrogen) atoms. The van der Waals surface area contributed by atoms with Gasteiger partial charge >= 0.3 is 12.2 Å². The third-order valence-electron chi connectivity index (χ3n) is 5.13. The molecule has 2 aliphatic rings. The molecule has 2 heterocycles. The first-order chi connectivity index (χ1) is 14.3. The van der Waals surface area contributed by atoms with Gasteiger partial charge in [0.25, 0.3) is 0 Å². The molecule has 4 rings (SSSR count). The van der Waals surface area contributed by atoms with Crippen molar-refractivity contribution in [1.29, 1.82) is 5.26 Å². The normalized spacial score (nSPS) is 19.3. The van der Waals surface area contributed by atoms with Crippen molar-refractivity contribution in [2.24, 2.45) is 0 Å². The van der Waals surface area contributed by atoms with Gasteiger partial charge in [-0.05, 0) is 42.7 Å². The zero-order valence-electron chi connectivity index (χ0n) is 15.5. The molecule has 1 aliphatic carbocycles. The Morgan fingerprint density at radius 2 is 1.87 bits per heavy atom. The number of benzene rings is 1. The van der Waals surface area contributed by atoms with Crippen molar-refractivity contribution in [3.05, 3.63) is 70.6 Å². The maximum Gasteiger partial charge on any atom is 0.416 e. The molecule has 0 radical (unpaired) electrons. The Balaban J connectivity index is 1.83. The number of nitrogens with zero attached hydrogens (tertiary/aromatic N) is 3. The maximum absolute atomic E-state index is 13.1. The van der Waals surface area contributed by atoms with Crippen molar-refractivity contribution in [2.75, 3.05) is 4.90 Å². The van der Waals surface area contributed by atoms with Crippen LogP contribution in [0.1, 0.15) is 42.0 Å². The second-order valence-electron chi connectivity index (χ2n) is 6.99. The van der Waals surface area contributed by atoms with Gasteiger partial charge < -0.3 is 5.32 Å². The van der Waals surface area contributed by atoms with Crippen LogP contribution in [0.2, 0.25) is 0 Å². The summed E-state index contributed by atoms with van der Waals surface area (Å²) in [7, 11) is 0. The van der Waals surface area contributed by atoms with Gasteiger partial charge in [0.15, 0.2) is 5.78 Å². The van der Waals surface area contributed by atoms with Gasteiger partial charge in [0, 0.05) is 23.9 Å². The third-order valence-corrected chi connectivity index (χ3v) is 5.13. The van der Waals surface area contributed by atoms with E-state index >= 15 is 0 Å². The van der Waals surface area contributed by atoms with E-state index in [4.69, 9.17) is 5.26 Å². The number of pyridine rings is 1. The molecular weight excluding hydrogens is 397 g/mol. The van der Waals surface area contributed by atoms with Gasteiger partial charge in [-0.2, -0.15) is 18.4 Å². The number of anilines is 1. The summed E-state index contributed by atoms with van der Waals surface area (Å²) in [6, 6.07) is 8.67. The van der Waals surface area contributed by atoms with Crippen molar-refractivity contribution in [3.8, 4) is 6.07 Å². The summed E-state index contributed by atoms with van der Waals surface area (Å²) in [5.41, 5.74) is 0.807. The van der Waals surface area contributed by atoms with Crippen LogP contribution < -0.4 is 10.2 Å². The lowest BCUT2D eigenvalue weighted by molar-refractivity contribution is -0.137. The number of amides is 2. The predicted octanol–water partition coefficient (Wildman–Crippen LogP) is 4.25. The zero-order chi connectivity index (χ0) is 21.5. The van der Waals surface area contributed by atoms with Gasteiger partial charge in [-0.25, -0.2) is 14.7 Å². The van der Waals surface area contributed by atoms with E-state index in [1.165, 1.54) is 0 Å². The quantitative estimate of drug-likeness (QED) is 0.799. The van der Waals surface area contributed by atoms with Gasteiger partial charge in [0.1, 0.15) is 5.82 Å². The number of rotatable bonds is 2. The lowest BCUT2D eigenvalue weighted by Gasteiger charge is -2.38. The first-order valence-electron chi connectivity index (χ1n) is 9.20. The first kappa shape index (κ1) is 19.6. The Hall–Kier alpha value is -3.67. The Bertz CT molecular complexity index is 1100. The fourth-order valence-electron chi connectivity index (χ4n) is 3.75. The van der Waals surface area contributed by atoms with E-state index in [1.807, 2.05) is 6.07 Å². The molecule has 0 spiro atoms. The molecule has 0 bridgehead atoms. The van der Waals surface area contributed by atoms with Crippen LogP contribution in [0.3, 0.4) is 0 Å². The summed E-state index contributed by atoms with van der Waals surface area (Å²) in [5, 5.41) is 11.7. The van der Waals surface area contributed by atoms with Crippen molar-refractivity contribution in [1.82, 2.24) is 10.3 Å². The number of nitrogens with one attached hydrogen (secondary N) is 1. The minimum absolute atomic E-state index is 0.178. The maximum atomic E-state index is 13.1. The number of allylic oxidation sites excluding steroid dienone is 1. The zero-order valence-corrected chi connectivity index (χ0v) is 15.5. The molecule has 1 aromatic heterocycles. The largest absolute Gasteiger partial charge is 0.416 e. The average Bonchev–Trinajstić information content (AvgIpc) is 2.73. The molecule has 2 aromatic rings. The van der Waals surface area contributed by atoms with Crippen LogP contribution in [0.5, 0.6) is 0 Å². The van der Waals surface area contributed by atoms with Crippen molar-refractivity contribution >= 4 is 17.6 Å². The molecule has 1 aliphatic heterocycles. The number of carbonyl (C=O) groups excluding carboxylic acids is 2. The molecule has 0 saturated heterocycles. The number of nitriles is 1. The summed E-state index contributed by atoms with van der Waals surface area (Å²) in [4.78, 5) is 30.7. The highest BCUT2D eigenvalue weighted by Gasteiger charge is 2.40. The molecule has 1 unspecified atom stereocenters. The number of urea groups is 1. The number of aromatic nitrogens is 1. The van der Waals surface area contributed by atoms with Crippen LogP contribution >= 0.6 is 0 Å². The van der Waals surface area contributed by atoms with Crippen molar-refractivity contribution < 1.29 is 22.8 Å². The number of Topliss-reactive ketones (excluding diaryl/α,β-unsaturated/α-hetero) is 1. The van der Waals surface area contributed by atoms with Gasteiger partial charge in [0.2, 0.25) is 0 Å². The van der Waals surface area contributed by atoms with E-state index in [0.717, 1.165) is 23.2 Å². The Kier molecular flexibility index (Phi) is 4.78. The molecular formula is C21H15F3N4O2. The summed E-state index contributed by atoms with van der Waals surface area (Å²) in [5.74, 6) is -0.370. The second kappa shape index (κ2) is 7.30. The van der Waals surface area contributed by atoms with Crippen LogP contribution in [0, 0.1) is 11.3 Å². The second-order valence-corrected chi connectivity index (χ2v) is 6.99. The predicted molar refractivity (Wildman–Crippen MR) is 100 cm³/mol. The lowest BCUT2D eigenvalue weighted by atomic mass is 9.84. The Morgan fingerprint density at radius 1 is 1.13 bits per heavy atom. The number of halogens is 3. The average molecular weight is 412 g/mol. The first-order valence-corrected chi connectivity index (χ1v) is 9.20. The number of hydrogen-bond acceptors (Lipinski definition) is 4. The lowest BCUT2D eigenvalue weighted by Crippen LogP contribution is -2.49. The highest BCUT2D eigenvalue weighted by atomic mass is 19.4. The van der Waals surface area contributed by atoms with Crippen LogP contribution in [-0.4, -0.2) is 16.8 Å². The molecule has 9 heteroatoms. The highest BCUT2D eigenvalue weighted by molar-refractivity contribution is 6.06. The van der Waals surface area contributed by atoms with E-state index in [0.29, 0.717) is 35.2 Å². The number of hydrogen-bond donors (Lipinski definition) is 1. The van der Waals surface area contributed by atoms with Gasteiger partial charge in [-0.1, -0.05) is 12.1 Å². The summed E-state index contributed by atoms with van der Waals surface area (Å²) >= 11 is 0. The Morgan fingerprint density at radius 3 is 2.53 bits per heavy atom. The minimum Gasteiger partial charge on any atom is -0.326 e. The number of ketones is 1. The number of carbonyl (C=O) groups is 2. The van der Waals surface area contributed by atoms with E-state index in [-0.39, 0.29) is 18.0 Å². The van der Waals surface area contributed by atoms with Gasteiger partial charge in [-0.3, -0.25) is 4.79 Å². The monoisotopic (exact) mass is 412 g/mol. The molecule has 2 amide bonds. The molecule has 0 fully saturated rings. The van der Waals surface area contributed by atoms with Crippen LogP contribution in [0.25, 0.3) is 0 Å². The van der Waals surface area contributed by atoms with E-state index in [2.05, 4.69) is 10.3 Å². The SMILES string of the molecule is N#Cc1ccc(C2NC(=O)N(c3cc(C(F)(F)F)ccn3)C3=C2C(=O)CCC3)cc1. The highest BCUT2D eigenvalue weighted by Crippen LogP contribution is 2.40. The summed E-state index contributed by atoms with van der Waals surface area (Å²) in [6.45, 7) is 0. The molecule has 1 aromatic carbocycles. The molecule has 6 nitrogen and oxygen atoms in total. The van der Waals surface area contributed by atoms with Crippen molar-refractivity contribution in [2.45, 2.75) is 31.5 Å². The molecule has 1 N–H and O–H groups in total. The number of alkyl halides is 3. The third kappa shape index (κ3) is 3.41. The van der Waals surface area contributed by atoms with Crippen LogP contribution in [-0.2, 0) is 11.0 Å². The standard InChI is InChI=1S/C21H15F3N4O2/c22-21(23,24)14-8-9-26-17(10-14)28-15-2-1-3-16(29)18(15)19(27-20(28)30)13-6-4-12(11-25)5-7-13/h4-10,19H,1-3H2,(H,27,30). The van der Waals surface area contributed by atoms with Gasteiger partial charge in [-0.15, -0.1) is 0 Å². The van der Waals surface area contributed by atoms with E-state index in [1.54, 1.807) is 24.3 Å². The summed E-state index contributed by atoms with van der Waals surface area (Å²) in [6.07, 6.45) is -2.47. The summed E-state index contributed by atoms with van der Waals surface area (Å²) < 4.78 is 39.4. The Labute approximate surface area is 169 Å². The molecule has 0 saturated carbocycles. The fourth-order valence-corrected chi connectivity index (χ4v) is 3.75. The van der Waals surface area contributed by atoms with E-state index < -0.39 is 23.8 Å².